The molecule has 5 N–H and O–H groups in total. The first-order valence-electron chi connectivity index (χ1n) is 9.96. The highest BCUT2D eigenvalue weighted by Gasteiger charge is 2.33. The van der Waals surface area contributed by atoms with Crippen molar-refractivity contribution in [2.24, 2.45) is 0 Å². The standard InChI is InChI=1S/C20H25F3N6O2/c1-2-3-12-9-17(29-7-6-14(10-29)25-18(31)11-30)28-19(26-12)27-13-4-5-16(24)15(8-13)20(21,22)23/h4-5,8-9,14,30H,2-3,6-7,10-11,24H2,1H3,(H,25,31)(H,26,27,28)/t14-/m0/s1. The number of aromatic nitrogens is 2. The minimum Gasteiger partial charge on any atom is -0.398 e. The average Bonchev–Trinajstić information content (AvgIpc) is 3.17. The zero-order chi connectivity index (χ0) is 22.6. The number of aliphatic hydroxyl groups excluding tert-OH is 1. The molecule has 0 aliphatic carbocycles. The van der Waals surface area contributed by atoms with Crippen LogP contribution < -0.4 is 21.3 Å². The van der Waals surface area contributed by atoms with Crippen LogP contribution in [-0.4, -0.2) is 46.7 Å². The van der Waals surface area contributed by atoms with Gasteiger partial charge in [-0.25, -0.2) is 4.98 Å². The molecule has 1 amide bonds. The molecule has 11 heteroatoms. The summed E-state index contributed by atoms with van der Waals surface area (Å²) < 4.78 is 39.5. The summed E-state index contributed by atoms with van der Waals surface area (Å²) in [7, 11) is 0. The van der Waals surface area contributed by atoms with Crippen LogP contribution in [0.3, 0.4) is 0 Å². The van der Waals surface area contributed by atoms with Gasteiger partial charge in [0.15, 0.2) is 0 Å². The van der Waals surface area contributed by atoms with Gasteiger partial charge in [-0.2, -0.15) is 18.2 Å². The molecule has 2 aromatic rings. The number of nitrogens with one attached hydrogen (secondary N) is 2. The Bertz CT molecular complexity index is 938. The maximum Gasteiger partial charge on any atom is 0.418 e. The maximum absolute atomic E-state index is 13.2. The molecule has 0 radical (unpaired) electrons. The number of alkyl halides is 3. The topological polar surface area (TPSA) is 116 Å². The fourth-order valence-electron chi connectivity index (χ4n) is 3.45. The lowest BCUT2D eigenvalue weighted by Crippen LogP contribution is -2.38. The summed E-state index contributed by atoms with van der Waals surface area (Å²) in [6.45, 7) is 2.58. The molecular weight excluding hydrogens is 413 g/mol. The second kappa shape index (κ2) is 9.38. The summed E-state index contributed by atoms with van der Waals surface area (Å²) >= 11 is 0. The molecule has 168 valence electrons. The molecule has 2 heterocycles. The Hall–Kier alpha value is -3.08. The van der Waals surface area contributed by atoms with Crippen LogP contribution in [-0.2, 0) is 17.4 Å². The normalized spacial score (nSPS) is 16.4. The Balaban J connectivity index is 1.84. The largest absolute Gasteiger partial charge is 0.418 e. The Morgan fingerprint density at radius 3 is 2.77 bits per heavy atom. The minimum atomic E-state index is -4.57. The van der Waals surface area contributed by atoms with Gasteiger partial charge in [-0.05, 0) is 31.0 Å². The summed E-state index contributed by atoms with van der Waals surface area (Å²) in [5.74, 6) is 0.363. The van der Waals surface area contributed by atoms with E-state index in [9.17, 15) is 18.0 Å². The van der Waals surface area contributed by atoms with Gasteiger partial charge in [-0.15, -0.1) is 0 Å². The van der Waals surface area contributed by atoms with Crippen LogP contribution in [0.5, 0.6) is 0 Å². The van der Waals surface area contributed by atoms with Gasteiger partial charge in [0.1, 0.15) is 12.4 Å². The monoisotopic (exact) mass is 438 g/mol. The van der Waals surface area contributed by atoms with Crippen LogP contribution in [0, 0.1) is 0 Å². The molecule has 1 aromatic carbocycles. The smallest absolute Gasteiger partial charge is 0.398 e. The third-order valence-electron chi connectivity index (χ3n) is 4.91. The van der Waals surface area contributed by atoms with Crippen molar-refractivity contribution in [3.05, 3.63) is 35.5 Å². The zero-order valence-electron chi connectivity index (χ0n) is 17.0. The number of aryl methyl sites for hydroxylation is 1. The van der Waals surface area contributed by atoms with E-state index in [1.807, 2.05) is 17.9 Å². The molecule has 3 rings (SSSR count). The van der Waals surface area contributed by atoms with Gasteiger partial charge in [0, 0.05) is 42.3 Å². The van der Waals surface area contributed by atoms with E-state index < -0.39 is 24.3 Å². The number of anilines is 4. The van der Waals surface area contributed by atoms with Crippen molar-refractivity contribution in [2.75, 3.05) is 35.6 Å². The third kappa shape index (κ3) is 5.75. The lowest BCUT2D eigenvalue weighted by Gasteiger charge is -2.20. The van der Waals surface area contributed by atoms with Crippen LogP contribution in [0.15, 0.2) is 24.3 Å². The molecule has 0 bridgehead atoms. The predicted octanol–water partition coefficient (Wildman–Crippen LogP) is 2.46. The highest BCUT2D eigenvalue weighted by Crippen LogP contribution is 2.35. The molecule has 1 atom stereocenters. The summed E-state index contributed by atoms with van der Waals surface area (Å²) in [4.78, 5) is 22.3. The molecule has 8 nitrogen and oxygen atoms in total. The van der Waals surface area contributed by atoms with Crippen LogP contribution in [0.25, 0.3) is 0 Å². The van der Waals surface area contributed by atoms with E-state index in [1.165, 1.54) is 12.1 Å². The van der Waals surface area contributed by atoms with E-state index >= 15 is 0 Å². The van der Waals surface area contributed by atoms with Crippen molar-refractivity contribution in [1.29, 1.82) is 0 Å². The summed E-state index contributed by atoms with van der Waals surface area (Å²) in [6, 6.07) is 5.29. The fraction of sp³-hybridized carbons (Fsp3) is 0.450. The summed E-state index contributed by atoms with van der Waals surface area (Å²) in [6.07, 6.45) is -2.36. The molecule has 0 saturated carbocycles. The van der Waals surface area contributed by atoms with Crippen LogP contribution in [0.4, 0.5) is 36.3 Å². The number of aliphatic hydroxyl groups is 1. The van der Waals surface area contributed by atoms with Crippen molar-refractivity contribution >= 4 is 29.0 Å². The van der Waals surface area contributed by atoms with E-state index in [2.05, 4.69) is 20.6 Å². The number of nitrogen functional groups attached to an aromatic ring is 1. The second-order valence-corrected chi connectivity index (χ2v) is 7.37. The highest BCUT2D eigenvalue weighted by molar-refractivity contribution is 5.77. The first kappa shape index (κ1) is 22.6. The number of halogens is 3. The predicted molar refractivity (Wildman–Crippen MR) is 111 cm³/mol. The van der Waals surface area contributed by atoms with Crippen LogP contribution in [0.2, 0.25) is 0 Å². The van der Waals surface area contributed by atoms with Gasteiger partial charge >= 0.3 is 6.18 Å². The summed E-state index contributed by atoms with van der Waals surface area (Å²) in [5, 5.41) is 14.5. The number of hydrogen-bond acceptors (Lipinski definition) is 7. The molecule has 1 aliphatic rings. The Kier molecular flexibility index (Phi) is 6.84. The number of rotatable bonds is 7. The molecular formula is C20H25F3N6O2. The van der Waals surface area contributed by atoms with E-state index in [4.69, 9.17) is 10.8 Å². The van der Waals surface area contributed by atoms with E-state index in [0.717, 1.165) is 18.2 Å². The van der Waals surface area contributed by atoms with Crippen molar-refractivity contribution in [2.45, 2.75) is 38.4 Å². The Morgan fingerprint density at radius 2 is 2.10 bits per heavy atom. The van der Waals surface area contributed by atoms with Crippen molar-refractivity contribution in [3.8, 4) is 0 Å². The molecule has 1 aromatic heterocycles. The maximum atomic E-state index is 13.2. The molecule has 1 aliphatic heterocycles. The minimum absolute atomic E-state index is 0.118. The Morgan fingerprint density at radius 1 is 1.32 bits per heavy atom. The first-order chi connectivity index (χ1) is 14.7. The van der Waals surface area contributed by atoms with Crippen molar-refractivity contribution in [3.63, 3.8) is 0 Å². The third-order valence-corrected chi connectivity index (χ3v) is 4.91. The second-order valence-electron chi connectivity index (χ2n) is 7.37. The number of carbonyl (C=O) groups excluding carboxylic acids is 1. The van der Waals surface area contributed by atoms with E-state index in [-0.39, 0.29) is 23.4 Å². The first-order valence-corrected chi connectivity index (χ1v) is 9.96. The lowest BCUT2D eigenvalue weighted by molar-refractivity contribution is -0.136. The average molecular weight is 438 g/mol. The molecule has 0 spiro atoms. The number of benzene rings is 1. The number of amides is 1. The van der Waals surface area contributed by atoms with Crippen molar-refractivity contribution < 1.29 is 23.1 Å². The molecule has 31 heavy (non-hydrogen) atoms. The number of carbonyl (C=O) groups is 1. The zero-order valence-corrected chi connectivity index (χ0v) is 17.0. The van der Waals surface area contributed by atoms with Crippen molar-refractivity contribution in [1.82, 2.24) is 15.3 Å². The number of nitrogens with zero attached hydrogens (tertiary/aromatic N) is 3. The highest BCUT2D eigenvalue weighted by atomic mass is 19.4. The number of nitrogens with two attached hydrogens (primary N) is 1. The SMILES string of the molecule is CCCc1cc(N2CC[C@H](NC(=O)CO)C2)nc(Nc2ccc(N)c(C(F)(F)F)c2)n1. The van der Waals surface area contributed by atoms with Gasteiger partial charge in [0.25, 0.3) is 0 Å². The number of hydrogen-bond donors (Lipinski definition) is 4. The van der Waals surface area contributed by atoms with Gasteiger partial charge in [-0.1, -0.05) is 13.3 Å². The van der Waals surface area contributed by atoms with Crippen LogP contribution in [0.1, 0.15) is 31.0 Å². The lowest BCUT2D eigenvalue weighted by atomic mass is 10.1. The van der Waals surface area contributed by atoms with Gasteiger partial charge in [-0.3, -0.25) is 4.79 Å². The quantitative estimate of drug-likeness (QED) is 0.491. The molecule has 0 unspecified atom stereocenters. The van der Waals surface area contributed by atoms with E-state index in [1.54, 1.807) is 0 Å². The van der Waals surface area contributed by atoms with Gasteiger partial charge in [0.05, 0.1) is 5.56 Å². The van der Waals surface area contributed by atoms with Gasteiger partial charge < -0.3 is 26.4 Å². The molecule has 1 fully saturated rings. The van der Waals surface area contributed by atoms with Crippen LogP contribution >= 0.6 is 0 Å². The van der Waals surface area contributed by atoms with E-state index in [0.29, 0.717) is 31.7 Å². The van der Waals surface area contributed by atoms with Gasteiger partial charge in [0.2, 0.25) is 11.9 Å². The fourth-order valence-corrected chi connectivity index (χ4v) is 3.45. The Labute approximate surface area is 177 Å². The molecule has 1 saturated heterocycles. The summed E-state index contributed by atoms with van der Waals surface area (Å²) in [5.41, 5.74) is 5.12.